The average molecular weight is 194 g/mol. The molecule has 0 fully saturated rings. The van der Waals surface area contributed by atoms with Crippen molar-refractivity contribution in [1.29, 1.82) is 0 Å². The third kappa shape index (κ3) is 2.34. The fourth-order valence-corrected chi connectivity index (χ4v) is 3.95. The summed E-state index contributed by atoms with van der Waals surface area (Å²) in [6.07, 6.45) is 6.01. The molecule has 0 heterocycles. The molecule has 1 aliphatic rings. The molecular formula is C12H22Si. The van der Waals surface area contributed by atoms with E-state index in [0.29, 0.717) is 5.41 Å². The predicted molar refractivity (Wildman–Crippen MR) is 63.6 cm³/mol. The van der Waals surface area contributed by atoms with E-state index >= 15 is 0 Å². The Morgan fingerprint density at radius 1 is 1.08 bits per heavy atom. The zero-order valence-electron chi connectivity index (χ0n) is 9.86. The summed E-state index contributed by atoms with van der Waals surface area (Å²) in [7, 11) is -1.10. The van der Waals surface area contributed by atoms with Gasteiger partial charge in [0.25, 0.3) is 0 Å². The van der Waals surface area contributed by atoms with Crippen molar-refractivity contribution in [2.24, 2.45) is 5.41 Å². The number of hydrogen-bond acceptors (Lipinski definition) is 0. The van der Waals surface area contributed by atoms with Crippen molar-refractivity contribution in [2.45, 2.75) is 46.8 Å². The van der Waals surface area contributed by atoms with Gasteiger partial charge in [-0.3, -0.25) is 0 Å². The van der Waals surface area contributed by atoms with Gasteiger partial charge in [0.15, 0.2) is 0 Å². The Morgan fingerprint density at radius 3 is 1.92 bits per heavy atom. The summed E-state index contributed by atoms with van der Waals surface area (Å²) in [5.41, 5.74) is 1.94. The first kappa shape index (κ1) is 10.8. The van der Waals surface area contributed by atoms with Crippen molar-refractivity contribution in [3.8, 4) is 0 Å². The Bertz CT molecular complexity index is 228. The molecule has 0 aromatic carbocycles. The molecular weight excluding hydrogens is 172 g/mol. The van der Waals surface area contributed by atoms with Crippen molar-refractivity contribution in [1.82, 2.24) is 0 Å². The Morgan fingerprint density at radius 2 is 1.62 bits per heavy atom. The van der Waals surface area contributed by atoms with Crippen molar-refractivity contribution in [3.05, 3.63) is 22.9 Å². The lowest BCUT2D eigenvalue weighted by Crippen LogP contribution is -2.28. The van der Waals surface area contributed by atoms with Crippen LogP contribution in [-0.2, 0) is 0 Å². The van der Waals surface area contributed by atoms with Crippen molar-refractivity contribution in [3.63, 3.8) is 0 Å². The lowest BCUT2D eigenvalue weighted by molar-refractivity contribution is 0.515. The Hall–Kier alpha value is -0.303. The molecule has 0 spiro atoms. The highest BCUT2D eigenvalue weighted by Crippen LogP contribution is 2.39. The zero-order chi connectivity index (χ0) is 10.3. The van der Waals surface area contributed by atoms with Gasteiger partial charge in [0.2, 0.25) is 0 Å². The Labute approximate surface area is 83.7 Å². The van der Waals surface area contributed by atoms with E-state index in [4.69, 9.17) is 0 Å². The van der Waals surface area contributed by atoms with E-state index in [1.807, 2.05) is 0 Å². The summed E-state index contributed by atoms with van der Waals surface area (Å²) in [6.45, 7) is 14.3. The van der Waals surface area contributed by atoms with Crippen LogP contribution in [-0.4, -0.2) is 8.07 Å². The summed E-state index contributed by atoms with van der Waals surface area (Å²) in [6, 6.07) is 0. The van der Waals surface area contributed by atoms with Crippen molar-refractivity contribution >= 4 is 8.07 Å². The highest BCUT2D eigenvalue weighted by atomic mass is 28.3. The van der Waals surface area contributed by atoms with Gasteiger partial charge in [-0.15, -0.1) is 0 Å². The molecule has 0 N–H and O–H groups in total. The van der Waals surface area contributed by atoms with Crippen molar-refractivity contribution in [2.75, 3.05) is 0 Å². The van der Waals surface area contributed by atoms with E-state index in [-0.39, 0.29) is 0 Å². The maximum Gasteiger partial charge on any atom is 0.0775 e. The molecule has 74 valence electrons. The van der Waals surface area contributed by atoms with Gasteiger partial charge in [0, 0.05) is 0 Å². The van der Waals surface area contributed by atoms with E-state index in [0.717, 1.165) is 6.42 Å². The van der Waals surface area contributed by atoms with Gasteiger partial charge in [-0.05, 0) is 17.4 Å². The summed E-state index contributed by atoms with van der Waals surface area (Å²) in [4.78, 5) is 0. The molecule has 0 nitrogen and oxygen atoms in total. The fraction of sp³-hybridized carbons (Fsp3) is 0.667. The molecule has 0 unspecified atom stereocenters. The standard InChI is InChI=1S/C12H22Si/c1-12(2,3)10-8-7-9-11(10)13(4,5)6/h8-9H,7H2,1-6H3. The summed E-state index contributed by atoms with van der Waals surface area (Å²) >= 11 is 0. The van der Waals surface area contributed by atoms with Crippen molar-refractivity contribution < 1.29 is 0 Å². The molecule has 1 aliphatic carbocycles. The topological polar surface area (TPSA) is 0 Å². The van der Waals surface area contributed by atoms with Gasteiger partial charge < -0.3 is 0 Å². The molecule has 0 bridgehead atoms. The molecule has 0 aromatic heterocycles. The molecule has 1 rings (SSSR count). The van der Waals surface area contributed by atoms with Crippen LogP contribution in [0.15, 0.2) is 22.9 Å². The van der Waals surface area contributed by atoms with E-state index in [9.17, 15) is 0 Å². The van der Waals surface area contributed by atoms with Crippen LogP contribution in [0.25, 0.3) is 0 Å². The van der Waals surface area contributed by atoms with Crippen LogP contribution >= 0.6 is 0 Å². The van der Waals surface area contributed by atoms with Gasteiger partial charge in [-0.2, -0.15) is 0 Å². The van der Waals surface area contributed by atoms with Crippen LogP contribution in [0.2, 0.25) is 19.6 Å². The van der Waals surface area contributed by atoms with Crippen LogP contribution in [0.5, 0.6) is 0 Å². The van der Waals surface area contributed by atoms with Gasteiger partial charge in [-0.25, -0.2) is 0 Å². The number of hydrogen-bond donors (Lipinski definition) is 0. The molecule has 0 radical (unpaired) electrons. The number of rotatable bonds is 1. The first-order chi connectivity index (χ1) is 5.73. The zero-order valence-corrected chi connectivity index (χ0v) is 10.9. The van der Waals surface area contributed by atoms with Crippen LogP contribution in [0.1, 0.15) is 27.2 Å². The van der Waals surface area contributed by atoms with E-state index in [1.54, 1.807) is 10.8 Å². The maximum atomic E-state index is 2.44. The average Bonchev–Trinajstić information content (AvgIpc) is 2.27. The normalized spacial score (nSPS) is 18.6. The van der Waals surface area contributed by atoms with Gasteiger partial charge >= 0.3 is 0 Å². The first-order valence-corrected chi connectivity index (χ1v) is 8.64. The third-order valence-electron chi connectivity index (χ3n) is 2.55. The van der Waals surface area contributed by atoms with E-state index in [2.05, 4.69) is 52.6 Å². The van der Waals surface area contributed by atoms with Crippen LogP contribution < -0.4 is 0 Å². The summed E-state index contributed by atoms with van der Waals surface area (Å²) < 4.78 is 0. The molecule has 0 saturated carbocycles. The molecule has 0 aromatic rings. The van der Waals surface area contributed by atoms with Gasteiger partial charge in [0.1, 0.15) is 0 Å². The number of allylic oxidation sites excluding steroid dienone is 4. The quantitative estimate of drug-likeness (QED) is 0.550. The SMILES string of the molecule is CC(C)(C)C1=CCC=C1[Si](C)(C)C. The second-order valence-electron chi connectivity index (χ2n) is 5.97. The molecule has 0 saturated heterocycles. The second kappa shape index (κ2) is 3.12. The second-order valence-corrected chi connectivity index (χ2v) is 11.0. The predicted octanol–water partition coefficient (Wildman–Crippen LogP) is 4.17. The van der Waals surface area contributed by atoms with Gasteiger partial charge in [0.05, 0.1) is 8.07 Å². The minimum atomic E-state index is -1.10. The third-order valence-corrected chi connectivity index (χ3v) is 4.64. The molecule has 0 atom stereocenters. The minimum Gasteiger partial charge on any atom is -0.0812 e. The molecule has 1 heteroatoms. The Kier molecular flexibility index (Phi) is 2.59. The first-order valence-electron chi connectivity index (χ1n) is 5.14. The fourth-order valence-electron chi connectivity index (χ4n) is 1.93. The maximum absolute atomic E-state index is 2.44. The summed E-state index contributed by atoms with van der Waals surface area (Å²) in [5.74, 6) is 0. The van der Waals surface area contributed by atoms with E-state index < -0.39 is 8.07 Å². The Balaban J connectivity index is 2.99. The molecule has 0 aliphatic heterocycles. The van der Waals surface area contributed by atoms with Gasteiger partial charge in [-0.1, -0.05) is 57.8 Å². The highest BCUT2D eigenvalue weighted by molar-refractivity contribution is 6.84. The van der Waals surface area contributed by atoms with Crippen LogP contribution in [0.4, 0.5) is 0 Å². The lowest BCUT2D eigenvalue weighted by Gasteiger charge is -2.29. The molecule has 0 amide bonds. The largest absolute Gasteiger partial charge is 0.0812 e. The monoisotopic (exact) mass is 194 g/mol. The van der Waals surface area contributed by atoms with Crippen LogP contribution in [0.3, 0.4) is 0 Å². The lowest BCUT2D eigenvalue weighted by atomic mass is 9.87. The highest BCUT2D eigenvalue weighted by Gasteiger charge is 2.30. The smallest absolute Gasteiger partial charge is 0.0775 e. The van der Waals surface area contributed by atoms with E-state index in [1.165, 1.54) is 0 Å². The summed E-state index contributed by atoms with van der Waals surface area (Å²) in [5, 5.41) is 1.68. The minimum absolute atomic E-state index is 0.336. The molecule has 13 heavy (non-hydrogen) atoms. The van der Waals surface area contributed by atoms with Crippen LogP contribution in [0, 0.1) is 5.41 Å².